The monoisotopic (exact) mass is 775 g/mol. The zero-order chi connectivity index (χ0) is 35.4. The molecule has 0 radical (unpaired) electrons. The van der Waals surface area contributed by atoms with E-state index in [1.807, 2.05) is 24.3 Å². The molecule has 9 rings (SSSR count). The molecule has 4 nitrogen and oxygen atoms in total. The molecule has 8 bridgehead atoms. The Bertz CT molecular complexity index is 2250. The Hall–Kier alpha value is -5.13. The fourth-order valence-electron chi connectivity index (χ4n) is 6.84. The van der Waals surface area contributed by atoms with E-state index in [0.717, 1.165) is 89.4 Å². The summed E-state index contributed by atoms with van der Waals surface area (Å²) in [5, 5.41) is 0. The van der Waals surface area contributed by atoms with Gasteiger partial charge in [0.05, 0.1) is 22.8 Å². The minimum atomic E-state index is -1.33. The van der Waals surface area contributed by atoms with Gasteiger partial charge >= 0.3 is 41.5 Å². The SMILES string of the molecule is C1=Cc2nc1c(-c1ccccc1)c1ccc([nH]1)c(-c1ccccc1)c1nc(c(-c3ccccc3)c3ccc([nH]3)c2-c2ccccc2)C=C1.[Cl][Fe]([Cl])[Cl]. The van der Waals surface area contributed by atoms with Crippen molar-refractivity contribution in [1.82, 2.24) is 19.9 Å². The van der Waals surface area contributed by atoms with Crippen LogP contribution in [0.25, 0.3) is 90.9 Å². The van der Waals surface area contributed by atoms with Crippen LogP contribution in [-0.2, 0) is 11.2 Å². The number of aromatic amines is 2. The van der Waals surface area contributed by atoms with E-state index in [-0.39, 0.29) is 0 Å². The van der Waals surface area contributed by atoms with Crippen LogP contribution in [0.4, 0.5) is 0 Å². The zero-order valence-corrected chi connectivity index (χ0v) is 30.9. The predicted molar refractivity (Wildman–Crippen MR) is 218 cm³/mol. The maximum absolute atomic E-state index is 5.35. The van der Waals surface area contributed by atoms with Crippen LogP contribution in [0.5, 0.6) is 0 Å². The summed E-state index contributed by atoms with van der Waals surface area (Å²) in [4.78, 5) is 18.3. The van der Waals surface area contributed by atoms with E-state index >= 15 is 0 Å². The van der Waals surface area contributed by atoms with Crippen molar-refractivity contribution in [3.05, 3.63) is 168 Å². The first-order chi connectivity index (χ1) is 25.5. The molecule has 0 spiro atoms. The number of hydrogen-bond donors (Lipinski definition) is 2. The van der Waals surface area contributed by atoms with Gasteiger partial charge in [0.2, 0.25) is 0 Å². The number of nitrogens with zero attached hydrogens (tertiary/aromatic N) is 2. The van der Waals surface area contributed by atoms with Gasteiger partial charge in [0.1, 0.15) is 0 Å². The van der Waals surface area contributed by atoms with E-state index in [1.165, 1.54) is 0 Å². The number of aromatic nitrogens is 4. The summed E-state index contributed by atoms with van der Waals surface area (Å²) in [6, 6.07) is 50.7. The van der Waals surface area contributed by atoms with E-state index in [2.05, 4.69) is 156 Å². The molecule has 255 valence electrons. The Morgan fingerprint density at radius 1 is 0.327 bits per heavy atom. The molecule has 0 saturated carbocycles. The molecule has 5 heterocycles. The second kappa shape index (κ2) is 15.2. The summed E-state index contributed by atoms with van der Waals surface area (Å²) < 4.78 is 0. The summed E-state index contributed by atoms with van der Waals surface area (Å²) in [5.74, 6) is 0. The second-order valence-corrected chi connectivity index (χ2v) is 17.6. The van der Waals surface area contributed by atoms with Crippen LogP contribution in [-0.4, -0.2) is 19.9 Å². The molecule has 4 aromatic carbocycles. The fourth-order valence-corrected chi connectivity index (χ4v) is 6.84. The average molecular weight is 777 g/mol. The topological polar surface area (TPSA) is 57.4 Å². The van der Waals surface area contributed by atoms with Crippen molar-refractivity contribution in [3.63, 3.8) is 0 Å². The third-order valence-corrected chi connectivity index (χ3v) is 9.00. The summed E-state index contributed by atoms with van der Waals surface area (Å²) in [7, 11) is 14.7. The number of nitrogens with one attached hydrogen (secondary N) is 2. The summed E-state index contributed by atoms with van der Waals surface area (Å²) in [6.45, 7) is 0. The normalized spacial score (nSPS) is 11.9. The van der Waals surface area contributed by atoms with Crippen molar-refractivity contribution >= 4 is 76.7 Å². The molecule has 8 heteroatoms. The predicted octanol–water partition coefficient (Wildman–Crippen LogP) is 13.4. The molecule has 0 unspecified atom stereocenters. The van der Waals surface area contributed by atoms with Crippen LogP contribution in [0, 0.1) is 0 Å². The molecule has 2 aliphatic rings. The molecule has 52 heavy (non-hydrogen) atoms. The van der Waals surface area contributed by atoms with E-state index in [4.69, 9.17) is 40.3 Å². The summed E-state index contributed by atoms with van der Waals surface area (Å²) >= 11 is -1.33. The first-order valence-corrected chi connectivity index (χ1v) is 21.1. The van der Waals surface area contributed by atoms with E-state index in [0.29, 0.717) is 0 Å². The van der Waals surface area contributed by atoms with Crippen molar-refractivity contribution in [1.29, 1.82) is 0 Å². The molecule has 0 fully saturated rings. The van der Waals surface area contributed by atoms with E-state index < -0.39 is 11.2 Å². The van der Waals surface area contributed by atoms with Crippen LogP contribution in [0.2, 0.25) is 0 Å². The van der Waals surface area contributed by atoms with Gasteiger partial charge in [-0.2, -0.15) is 0 Å². The van der Waals surface area contributed by atoms with Crippen LogP contribution in [0.15, 0.2) is 146 Å². The first kappa shape index (κ1) is 34.0. The minimum absolute atomic E-state index is 0.906. The van der Waals surface area contributed by atoms with Gasteiger partial charge in [-0.1, -0.05) is 121 Å². The standard InChI is InChI=1S/C44H30N4.3ClH.Fe/c1-5-13-29(14-6-1)41-33-21-23-35(45-33)42(30-15-7-2-8-16-30)37-25-27-39(47-37)44(32-19-11-4-12-20-32)40-28-26-38(48-40)43(31-17-9-3-10-18-31)36-24-22-34(41)46-36;;;;/h1-28,45,48H;3*1H;/q;;;;+3/p-3. The van der Waals surface area contributed by atoms with Gasteiger partial charge in [0, 0.05) is 44.3 Å². The number of benzene rings is 4. The summed E-state index contributed by atoms with van der Waals surface area (Å²) in [6.07, 6.45) is 8.54. The zero-order valence-electron chi connectivity index (χ0n) is 27.5. The fraction of sp³-hybridized carbons (Fsp3) is 0. The van der Waals surface area contributed by atoms with Gasteiger partial charge in [0.25, 0.3) is 0 Å². The van der Waals surface area contributed by atoms with Crippen LogP contribution in [0.1, 0.15) is 22.8 Å². The number of rotatable bonds is 4. The van der Waals surface area contributed by atoms with Gasteiger partial charge in [-0.25, -0.2) is 9.97 Å². The Kier molecular flexibility index (Phi) is 9.95. The van der Waals surface area contributed by atoms with Crippen molar-refractivity contribution in [3.8, 4) is 44.5 Å². The molecule has 7 aromatic rings. The van der Waals surface area contributed by atoms with Gasteiger partial charge in [-0.05, 0) is 70.8 Å². The number of fused-ring (bicyclic) bond motifs is 8. The van der Waals surface area contributed by atoms with Crippen molar-refractivity contribution in [2.24, 2.45) is 0 Å². The Morgan fingerprint density at radius 2 is 0.538 bits per heavy atom. The molecular weight excluding hydrogens is 747 g/mol. The Labute approximate surface area is 318 Å². The van der Waals surface area contributed by atoms with E-state index in [9.17, 15) is 0 Å². The third-order valence-electron chi connectivity index (χ3n) is 9.00. The van der Waals surface area contributed by atoms with Crippen molar-refractivity contribution in [2.45, 2.75) is 0 Å². The second-order valence-electron chi connectivity index (χ2n) is 12.1. The van der Waals surface area contributed by atoms with Gasteiger partial charge in [0.15, 0.2) is 0 Å². The van der Waals surface area contributed by atoms with Crippen LogP contribution < -0.4 is 0 Å². The number of H-pyrrole nitrogens is 2. The molecule has 0 atom stereocenters. The third kappa shape index (κ3) is 7.03. The van der Waals surface area contributed by atoms with Gasteiger partial charge < -0.3 is 9.97 Å². The molecule has 0 aliphatic carbocycles. The molecule has 3 aromatic heterocycles. The summed E-state index contributed by atoms with van der Waals surface area (Å²) in [5.41, 5.74) is 16.2. The quantitative estimate of drug-likeness (QED) is 0.175. The molecule has 0 amide bonds. The molecule has 2 N–H and O–H groups in total. The van der Waals surface area contributed by atoms with Crippen molar-refractivity contribution < 1.29 is 11.2 Å². The molecular formula is C44H30Cl3FeN4. The Morgan fingerprint density at radius 3 is 0.750 bits per heavy atom. The van der Waals surface area contributed by atoms with E-state index in [1.54, 1.807) is 0 Å². The number of hydrogen-bond acceptors (Lipinski definition) is 2. The van der Waals surface area contributed by atoms with Crippen LogP contribution in [0.3, 0.4) is 0 Å². The average Bonchev–Trinajstić information content (AvgIpc) is 4.01. The van der Waals surface area contributed by atoms with Crippen molar-refractivity contribution in [2.75, 3.05) is 0 Å². The molecule has 0 saturated heterocycles. The Balaban J connectivity index is 0.000000922. The van der Waals surface area contributed by atoms with Crippen LogP contribution >= 0.6 is 30.3 Å². The number of halogens is 3. The van der Waals surface area contributed by atoms with Gasteiger partial charge in [-0.3, -0.25) is 0 Å². The molecule has 2 aliphatic heterocycles. The first-order valence-electron chi connectivity index (χ1n) is 16.6. The maximum atomic E-state index is 5.35. The van der Waals surface area contributed by atoms with Gasteiger partial charge in [-0.15, -0.1) is 0 Å².